The van der Waals surface area contributed by atoms with Crippen molar-refractivity contribution in [3.05, 3.63) is 10.0 Å². The summed E-state index contributed by atoms with van der Waals surface area (Å²) in [5.41, 5.74) is 0. The van der Waals surface area contributed by atoms with Crippen LogP contribution in [0.25, 0.3) is 0 Å². The summed E-state index contributed by atoms with van der Waals surface area (Å²) >= 11 is 1.28. The van der Waals surface area contributed by atoms with Crippen molar-refractivity contribution in [1.82, 2.24) is 10.2 Å². The van der Waals surface area contributed by atoms with E-state index in [1.54, 1.807) is 0 Å². The number of rotatable bonds is 18. The fourth-order valence-corrected chi connectivity index (χ4v) is 4.43. The van der Waals surface area contributed by atoms with Crippen molar-refractivity contribution >= 4 is 23.3 Å². The Morgan fingerprint density at radius 1 is 0.788 bits per heavy atom. The first-order valence-electron chi connectivity index (χ1n) is 12.3. The van der Waals surface area contributed by atoms with E-state index in [0.29, 0.717) is 10.0 Å². The van der Waals surface area contributed by atoms with Gasteiger partial charge in [-0.15, -0.1) is 21.5 Å². The minimum absolute atomic E-state index is 0.0778. The maximum absolute atomic E-state index is 12.2. The molecule has 0 saturated heterocycles. The zero-order valence-corrected chi connectivity index (χ0v) is 21.4. The number of ether oxygens (including phenoxy) is 2. The SMILES string of the molecule is CCCCC(CC)C(=O)OCC(O)Cc1nnc(CC(O)COC(=O)C(CC)CCCC)s1. The molecule has 0 aliphatic heterocycles. The number of aromatic nitrogens is 2. The Labute approximate surface area is 202 Å². The number of nitrogens with zero attached hydrogens (tertiary/aromatic N) is 2. The van der Waals surface area contributed by atoms with E-state index in [2.05, 4.69) is 24.0 Å². The predicted octanol–water partition coefficient (Wildman–Crippen LogP) is 3.86. The van der Waals surface area contributed by atoms with Gasteiger partial charge < -0.3 is 19.7 Å². The summed E-state index contributed by atoms with van der Waals surface area (Å²) in [6.07, 6.45) is 5.79. The molecule has 0 radical (unpaired) electrons. The first kappa shape index (κ1) is 29.5. The highest BCUT2D eigenvalue weighted by atomic mass is 32.1. The number of carbonyl (C=O) groups is 2. The average molecular weight is 487 g/mol. The van der Waals surface area contributed by atoms with Gasteiger partial charge in [0.05, 0.1) is 24.0 Å². The van der Waals surface area contributed by atoms with Crippen LogP contribution in [0.1, 0.15) is 89.1 Å². The van der Waals surface area contributed by atoms with Crippen molar-refractivity contribution in [1.29, 1.82) is 0 Å². The maximum atomic E-state index is 12.2. The summed E-state index contributed by atoms with van der Waals surface area (Å²) in [4.78, 5) is 24.3. The van der Waals surface area contributed by atoms with E-state index >= 15 is 0 Å². The van der Waals surface area contributed by atoms with Crippen LogP contribution in [-0.4, -0.2) is 57.8 Å². The second-order valence-corrected chi connectivity index (χ2v) is 9.71. The van der Waals surface area contributed by atoms with Crippen LogP contribution < -0.4 is 0 Å². The molecule has 4 atom stereocenters. The van der Waals surface area contributed by atoms with Crippen molar-refractivity contribution in [2.45, 2.75) is 104 Å². The zero-order chi connectivity index (χ0) is 24.6. The molecule has 1 aromatic heterocycles. The number of carbonyl (C=O) groups excluding carboxylic acids is 2. The zero-order valence-electron chi connectivity index (χ0n) is 20.6. The molecule has 0 saturated carbocycles. The van der Waals surface area contributed by atoms with Crippen LogP contribution in [0.15, 0.2) is 0 Å². The number of hydrogen-bond acceptors (Lipinski definition) is 9. The van der Waals surface area contributed by atoms with E-state index in [9.17, 15) is 19.8 Å². The van der Waals surface area contributed by atoms with Gasteiger partial charge in [-0.05, 0) is 25.7 Å². The highest BCUT2D eigenvalue weighted by Gasteiger charge is 2.21. The molecule has 4 unspecified atom stereocenters. The quantitative estimate of drug-likeness (QED) is 0.300. The molecule has 0 aromatic carbocycles. The molecular formula is C24H42N2O6S. The van der Waals surface area contributed by atoms with Gasteiger partial charge in [0, 0.05) is 12.8 Å². The lowest BCUT2D eigenvalue weighted by Gasteiger charge is -2.15. The third kappa shape index (κ3) is 11.9. The number of unbranched alkanes of at least 4 members (excludes halogenated alkanes) is 2. The molecule has 33 heavy (non-hydrogen) atoms. The molecule has 8 nitrogen and oxygen atoms in total. The average Bonchev–Trinajstić information content (AvgIpc) is 3.23. The van der Waals surface area contributed by atoms with E-state index < -0.39 is 12.2 Å². The molecule has 1 rings (SSSR count). The van der Waals surface area contributed by atoms with E-state index in [-0.39, 0.29) is 49.8 Å². The molecule has 0 amide bonds. The molecule has 2 N–H and O–H groups in total. The normalized spacial score (nSPS) is 15.0. The highest BCUT2D eigenvalue weighted by molar-refractivity contribution is 7.11. The third-order valence-corrected chi connectivity index (χ3v) is 6.60. The van der Waals surface area contributed by atoms with Crippen molar-refractivity contribution < 1.29 is 29.3 Å². The van der Waals surface area contributed by atoms with Gasteiger partial charge in [-0.25, -0.2) is 0 Å². The summed E-state index contributed by atoms with van der Waals surface area (Å²) in [6, 6.07) is 0. The van der Waals surface area contributed by atoms with Crippen LogP contribution in [0.3, 0.4) is 0 Å². The summed E-state index contributed by atoms with van der Waals surface area (Å²) < 4.78 is 10.6. The van der Waals surface area contributed by atoms with E-state index in [0.717, 1.165) is 51.4 Å². The minimum Gasteiger partial charge on any atom is -0.463 e. The lowest BCUT2D eigenvalue weighted by molar-refractivity contribution is -0.152. The molecule has 0 aliphatic rings. The molecule has 0 fully saturated rings. The molecule has 0 spiro atoms. The molecule has 190 valence electrons. The molecule has 0 bridgehead atoms. The van der Waals surface area contributed by atoms with Crippen molar-refractivity contribution in [3.8, 4) is 0 Å². The smallest absolute Gasteiger partial charge is 0.309 e. The van der Waals surface area contributed by atoms with Gasteiger partial charge in [0.2, 0.25) is 0 Å². The van der Waals surface area contributed by atoms with Crippen LogP contribution >= 0.6 is 11.3 Å². The van der Waals surface area contributed by atoms with Crippen LogP contribution in [0, 0.1) is 11.8 Å². The second kappa shape index (κ2) is 16.9. The van der Waals surface area contributed by atoms with Gasteiger partial charge in [0.25, 0.3) is 0 Å². The van der Waals surface area contributed by atoms with Gasteiger partial charge in [0.15, 0.2) is 0 Å². The van der Waals surface area contributed by atoms with E-state index in [1.165, 1.54) is 11.3 Å². The summed E-state index contributed by atoms with van der Waals surface area (Å²) in [5.74, 6) is -0.776. The van der Waals surface area contributed by atoms with Crippen LogP contribution in [-0.2, 0) is 31.9 Å². The van der Waals surface area contributed by atoms with Crippen LogP contribution in [0.4, 0.5) is 0 Å². The summed E-state index contributed by atoms with van der Waals surface area (Å²) in [6.45, 7) is 7.94. The number of esters is 2. The van der Waals surface area contributed by atoms with Gasteiger partial charge in [-0.2, -0.15) is 0 Å². The Morgan fingerprint density at radius 2 is 1.18 bits per heavy atom. The fourth-order valence-electron chi connectivity index (χ4n) is 3.45. The van der Waals surface area contributed by atoms with Gasteiger partial charge in [-0.1, -0.05) is 53.4 Å². The van der Waals surface area contributed by atoms with E-state index in [1.807, 2.05) is 13.8 Å². The Hall–Kier alpha value is -1.58. The Morgan fingerprint density at radius 3 is 1.52 bits per heavy atom. The number of aliphatic hydroxyl groups is 2. The monoisotopic (exact) mass is 486 g/mol. The minimum atomic E-state index is -0.863. The Kier molecular flexibility index (Phi) is 15.1. The van der Waals surface area contributed by atoms with Gasteiger partial charge >= 0.3 is 11.9 Å². The number of hydrogen-bond donors (Lipinski definition) is 2. The second-order valence-electron chi connectivity index (χ2n) is 8.56. The van der Waals surface area contributed by atoms with Gasteiger partial charge in [-0.3, -0.25) is 9.59 Å². The fraction of sp³-hybridized carbons (Fsp3) is 0.833. The predicted molar refractivity (Wildman–Crippen MR) is 128 cm³/mol. The number of aliphatic hydroxyl groups excluding tert-OH is 2. The Bertz CT molecular complexity index is 629. The van der Waals surface area contributed by atoms with Crippen molar-refractivity contribution in [3.63, 3.8) is 0 Å². The van der Waals surface area contributed by atoms with Crippen molar-refractivity contribution in [2.75, 3.05) is 13.2 Å². The first-order chi connectivity index (χ1) is 15.8. The largest absolute Gasteiger partial charge is 0.463 e. The lowest BCUT2D eigenvalue weighted by atomic mass is 10.00. The standard InChI is InChI=1S/C24H42N2O6S/c1-5-9-11-17(7-3)23(29)31-15-19(27)13-21-25-26-22(33-21)14-20(28)16-32-24(30)18(8-4)12-10-6-2/h17-20,27-28H,5-16H2,1-4H3. The molecule has 0 aliphatic carbocycles. The third-order valence-electron chi connectivity index (χ3n) is 5.63. The summed E-state index contributed by atoms with van der Waals surface area (Å²) in [7, 11) is 0. The van der Waals surface area contributed by atoms with Gasteiger partial charge in [0.1, 0.15) is 23.2 Å². The molecular weight excluding hydrogens is 444 g/mol. The van der Waals surface area contributed by atoms with E-state index in [4.69, 9.17) is 9.47 Å². The summed E-state index contributed by atoms with van der Waals surface area (Å²) in [5, 5.41) is 29.7. The Balaban J connectivity index is 2.39. The molecule has 1 heterocycles. The lowest BCUT2D eigenvalue weighted by Crippen LogP contribution is -2.25. The highest BCUT2D eigenvalue weighted by Crippen LogP contribution is 2.18. The van der Waals surface area contributed by atoms with Crippen LogP contribution in [0.5, 0.6) is 0 Å². The topological polar surface area (TPSA) is 119 Å². The molecule has 1 aromatic rings. The van der Waals surface area contributed by atoms with Crippen molar-refractivity contribution in [2.24, 2.45) is 11.8 Å². The molecule has 9 heteroatoms. The first-order valence-corrected chi connectivity index (χ1v) is 13.2. The maximum Gasteiger partial charge on any atom is 0.309 e. The van der Waals surface area contributed by atoms with Crippen LogP contribution in [0.2, 0.25) is 0 Å².